The van der Waals surface area contributed by atoms with Crippen LogP contribution in [-0.4, -0.2) is 15.0 Å². The van der Waals surface area contributed by atoms with Gasteiger partial charge in [0.05, 0.1) is 0 Å². The molecule has 10 rings (SSSR count). The summed E-state index contributed by atoms with van der Waals surface area (Å²) in [6.45, 7) is 4.54. The third-order valence-electron chi connectivity index (χ3n) is 10.4. The van der Waals surface area contributed by atoms with Gasteiger partial charge >= 0.3 is 0 Å². The van der Waals surface area contributed by atoms with Crippen molar-refractivity contribution < 1.29 is 9.47 Å². The van der Waals surface area contributed by atoms with Gasteiger partial charge < -0.3 is 9.47 Å². The molecule has 0 fully saturated rings. The van der Waals surface area contributed by atoms with Crippen molar-refractivity contribution in [3.8, 4) is 90.5 Å². The minimum Gasteiger partial charge on any atom is -0.449 e. The Balaban J connectivity index is 1.06. The molecular weight excluding hydrogens is 651 g/mol. The van der Waals surface area contributed by atoms with Crippen LogP contribution in [0.2, 0.25) is 0 Å². The molecule has 0 saturated heterocycles. The molecule has 1 aliphatic heterocycles. The highest BCUT2D eigenvalue weighted by Crippen LogP contribution is 2.59. The zero-order chi connectivity index (χ0) is 35.5. The number of fused-ring (bicyclic) bond motifs is 6. The van der Waals surface area contributed by atoms with E-state index in [0.717, 1.165) is 50.3 Å². The Morgan fingerprint density at radius 1 is 0.377 bits per heavy atom. The summed E-state index contributed by atoms with van der Waals surface area (Å²) in [5, 5.41) is 0. The summed E-state index contributed by atoms with van der Waals surface area (Å²) >= 11 is 0. The Labute approximate surface area is 308 Å². The molecule has 2 aliphatic rings. The summed E-state index contributed by atoms with van der Waals surface area (Å²) in [6, 6.07) is 55.9. The van der Waals surface area contributed by atoms with Gasteiger partial charge in [0, 0.05) is 33.2 Å². The van der Waals surface area contributed by atoms with E-state index in [-0.39, 0.29) is 5.41 Å². The predicted octanol–water partition coefficient (Wildman–Crippen LogP) is 12.4. The number of hydrogen-bond acceptors (Lipinski definition) is 5. The molecule has 0 bridgehead atoms. The van der Waals surface area contributed by atoms with E-state index in [0.29, 0.717) is 34.7 Å². The van der Waals surface area contributed by atoms with Crippen LogP contribution in [0, 0.1) is 0 Å². The van der Waals surface area contributed by atoms with Gasteiger partial charge in [-0.15, -0.1) is 0 Å². The highest BCUT2D eigenvalue weighted by atomic mass is 16.6. The SMILES string of the molecule is CC1(C)c2ccccc2-c2c1ccc1c2Oc2cccc(-c3cccc(-c4nc(-c5ccccc5)nc(-c5cccc(-c6ccccc6)c5)n4)c3)c2O1. The Morgan fingerprint density at radius 2 is 0.887 bits per heavy atom. The molecule has 5 nitrogen and oxygen atoms in total. The van der Waals surface area contributed by atoms with Crippen LogP contribution in [-0.2, 0) is 5.41 Å². The van der Waals surface area contributed by atoms with Crippen molar-refractivity contribution in [1.29, 1.82) is 0 Å². The van der Waals surface area contributed by atoms with Crippen molar-refractivity contribution in [1.82, 2.24) is 15.0 Å². The van der Waals surface area contributed by atoms with E-state index >= 15 is 0 Å². The molecule has 0 radical (unpaired) electrons. The fourth-order valence-corrected chi connectivity index (χ4v) is 7.72. The Morgan fingerprint density at radius 3 is 1.62 bits per heavy atom. The van der Waals surface area contributed by atoms with Crippen LogP contribution in [0.3, 0.4) is 0 Å². The van der Waals surface area contributed by atoms with E-state index in [1.807, 2.05) is 66.7 Å². The Bertz CT molecular complexity index is 2700. The maximum Gasteiger partial charge on any atom is 0.178 e. The Hall–Kier alpha value is -6.85. The Kier molecular flexibility index (Phi) is 7.08. The third kappa shape index (κ3) is 5.20. The first-order valence-electron chi connectivity index (χ1n) is 17.9. The molecule has 5 heteroatoms. The minimum absolute atomic E-state index is 0.132. The first-order chi connectivity index (χ1) is 26.0. The molecule has 1 aliphatic carbocycles. The predicted molar refractivity (Wildman–Crippen MR) is 211 cm³/mol. The standard InChI is InChI=1S/C48H33N3O2/c1-48(2)38-24-10-9-22-37(38)42-39(48)26-27-41-44(42)53-40-25-13-23-36(43(40)52-41)33-19-12-21-35(29-33)47-50-45(31-16-7-4-8-17-31)49-46(51-47)34-20-11-18-32(28-34)30-14-5-3-6-15-30/h3-29H,1-2H3. The minimum atomic E-state index is -0.132. The van der Waals surface area contributed by atoms with Crippen LogP contribution in [0.4, 0.5) is 0 Å². The van der Waals surface area contributed by atoms with Crippen LogP contribution >= 0.6 is 0 Å². The molecule has 252 valence electrons. The van der Waals surface area contributed by atoms with Crippen LogP contribution in [0.25, 0.3) is 67.5 Å². The largest absolute Gasteiger partial charge is 0.449 e. The maximum absolute atomic E-state index is 6.76. The van der Waals surface area contributed by atoms with Gasteiger partial charge in [-0.2, -0.15) is 0 Å². The summed E-state index contributed by atoms with van der Waals surface area (Å²) < 4.78 is 13.5. The number of nitrogens with zero attached hydrogens (tertiary/aromatic N) is 3. The number of rotatable bonds is 5. The molecule has 0 saturated carbocycles. The second-order valence-corrected chi connectivity index (χ2v) is 14.0. The van der Waals surface area contributed by atoms with E-state index in [2.05, 4.69) is 111 Å². The molecule has 1 aromatic heterocycles. The van der Waals surface area contributed by atoms with Crippen molar-refractivity contribution in [2.75, 3.05) is 0 Å². The first kappa shape index (κ1) is 30.9. The summed E-state index contributed by atoms with van der Waals surface area (Å²) in [5.41, 5.74) is 11.5. The van der Waals surface area contributed by atoms with Crippen molar-refractivity contribution >= 4 is 0 Å². The molecule has 0 amide bonds. The molecule has 0 spiro atoms. The normalized spacial score (nSPS) is 13.2. The number of hydrogen-bond donors (Lipinski definition) is 0. The molecular formula is C48H33N3O2. The van der Waals surface area contributed by atoms with E-state index in [1.54, 1.807) is 0 Å². The maximum atomic E-state index is 6.76. The molecule has 8 aromatic rings. The van der Waals surface area contributed by atoms with Crippen LogP contribution in [0.5, 0.6) is 23.0 Å². The van der Waals surface area contributed by atoms with Crippen molar-refractivity contribution in [3.05, 3.63) is 175 Å². The summed E-state index contributed by atoms with van der Waals surface area (Å²) in [5.74, 6) is 4.65. The van der Waals surface area contributed by atoms with Gasteiger partial charge in [0.25, 0.3) is 0 Å². The zero-order valence-corrected chi connectivity index (χ0v) is 29.2. The number of benzene rings is 7. The van der Waals surface area contributed by atoms with Crippen LogP contribution < -0.4 is 9.47 Å². The molecule has 2 heterocycles. The van der Waals surface area contributed by atoms with E-state index < -0.39 is 0 Å². The van der Waals surface area contributed by atoms with Gasteiger partial charge in [-0.05, 0) is 57.6 Å². The second kappa shape index (κ2) is 12.1. The van der Waals surface area contributed by atoms with E-state index in [1.165, 1.54) is 16.7 Å². The summed E-state index contributed by atoms with van der Waals surface area (Å²) in [7, 11) is 0. The molecule has 7 aromatic carbocycles. The second-order valence-electron chi connectivity index (χ2n) is 14.0. The fraction of sp³-hybridized carbons (Fsp3) is 0.0625. The monoisotopic (exact) mass is 683 g/mol. The van der Waals surface area contributed by atoms with Gasteiger partial charge in [0.1, 0.15) is 0 Å². The van der Waals surface area contributed by atoms with Crippen molar-refractivity contribution in [3.63, 3.8) is 0 Å². The quantitative estimate of drug-likeness (QED) is 0.181. The zero-order valence-electron chi connectivity index (χ0n) is 29.2. The van der Waals surface area contributed by atoms with Gasteiger partial charge in [-0.25, -0.2) is 15.0 Å². The van der Waals surface area contributed by atoms with Gasteiger partial charge in [0.2, 0.25) is 0 Å². The van der Waals surface area contributed by atoms with Gasteiger partial charge in [-0.3, -0.25) is 0 Å². The lowest BCUT2D eigenvalue weighted by Gasteiger charge is -2.26. The topological polar surface area (TPSA) is 57.1 Å². The van der Waals surface area contributed by atoms with Crippen molar-refractivity contribution in [2.45, 2.75) is 19.3 Å². The van der Waals surface area contributed by atoms with Crippen LogP contribution in [0.1, 0.15) is 25.0 Å². The fourth-order valence-electron chi connectivity index (χ4n) is 7.72. The lowest BCUT2D eigenvalue weighted by molar-refractivity contribution is 0.361. The van der Waals surface area contributed by atoms with Gasteiger partial charge in [0.15, 0.2) is 40.5 Å². The van der Waals surface area contributed by atoms with Crippen LogP contribution in [0.15, 0.2) is 164 Å². The van der Waals surface area contributed by atoms with Crippen molar-refractivity contribution in [2.24, 2.45) is 0 Å². The summed E-state index contributed by atoms with van der Waals surface area (Å²) in [4.78, 5) is 15.1. The van der Waals surface area contributed by atoms with E-state index in [4.69, 9.17) is 24.4 Å². The third-order valence-corrected chi connectivity index (χ3v) is 10.4. The average Bonchev–Trinajstić information content (AvgIpc) is 3.46. The highest BCUT2D eigenvalue weighted by molar-refractivity contribution is 5.89. The molecule has 0 unspecified atom stereocenters. The van der Waals surface area contributed by atoms with Gasteiger partial charge in [-0.1, -0.05) is 153 Å². The average molecular weight is 684 g/mol. The first-order valence-corrected chi connectivity index (χ1v) is 17.9. The molecule has 0 atom stereocenters. The summed E-state index contributed by atoms with van der Waals surface area (Å²) in [6.07, 6.45) is 0. The lowest BCUT2D eigenvalue weighted by atomic mass is 9.82. The number of ether oxygens (including phenoxy) is 2. The highest BCUT2D eigenvalue weighted by Gasteiger charge is 2.39. The molecule has 53 heavy (non-hydrogen) atoms. The van der Waals surface area contributed by atoms with E-state index in [9.17, 15) is 0 Å². The lowest BCUT2D eigenvalue weighted by Crippen LogP contribution is -2.15. The number of aromatic nitrogens is 3. The number of para-hydroxylation sites is 1. The smallest absolute Gasteiger partial charge is 0.178 e. The molecule has 0 N–H and O–H groups in total.